The quantitative estimate of drug-likeness (QED) is 0.638. The van der Waals surface area contributed by atoms with Gasteiger partial charge < -0.3 is 14.8 Å². The van der Waals surface area contributed by atoms with Crippen LogP contribution in [-0.4, -0.2) is 35.9 Å². The average Bonchev–Trinajstić information content (AvgIpc) is 2.72. The van der Waals surface area contributed by atoms with Gasteiger partial charge in [0.1, 0.15) is 13.2 Å². The van der Waals surface area contributed by atoms with E-state index < -0.39 is 11.9 Å². The lowest BCUT2D eigenvalue weighted by Crippen LogP contribution is -2.35. The predicted molar refractivity (Wildman–Crippen MR) is 112 cm³/mol. The molecule has 148 valence electrons. The Balaban J connectivity index is 1.32. The molecule has 29 heavy (non-hydrogen) atoms. The zero-order valence-corrected chi connectivity index (χ0v) is 16.5. The van der Waals surface area contributed by atoms with E-state index in [4.69, 9.17) is 9.47 Å². The lowest BCUT2D eigenvalue weighted by Gasteiger charge is -2.19. The van der Waals surface area contributed by atoms with Crippen molar-refractivity contribution in [1.29, 1.82) is 0 Å². The fourth-order valence-corrected chi connectivity index (χ4v) is 3.75. The van der Waals surface area contributed by atoms with E-state index in [1.807, 2.05) is 37.3 Å². The molecule has 0 saturated carbocycles. The smallest absolute Gasteiger partial charge is 0.325 e. The molecule has 2 heterocycles. The van der Waals surface area contributed by atoms with Crippen molar-refractivity contribution in [3.05, 3.63) is 54.1 Å². The van der Waals surface area contributed by atoms with Crippen LogP contribution >= 0.6 is 11.8 Å². The number of amides is 3. The number of aryl methyl sites for hydroxylation is 1. The molecule has 0 atom stereocenters. The second-order valence-corrected chi connectivity index (χ2v) is 7.44. The molecule has 1 aliphatic rings. The number of rotatable bonds is 4. The zero-order valence-electron chi connectivity index (χ0n) is 15.7. The molecule has 0 radical (unpaired) electrons. The number of nitrogens with one attached hydrogen (secondary N) is 2. The number of benzene rings is 2. The summed E-state index contributed by atoms with van der Waals surface area (Å²) in [7, 11) is 0. The molecule has 0 spiro atoms. The number of nitrogens with zero attached hydrogens (tertiary/aromatic N) is 1. The molecule has 2 N–H and O–H groups in total. The minimum absolute atomic E-state index is 0.0827. The van der Waals surface area contributed by atoms with Crippen LogP contribution < -0.4 is 20.1 Å². The van der Waals surface area contributed by atoms with Gasteiger partial charge in [-0.1, -0.05) is 30.0 Å². The summed E-state index contributed by atoms with van der Waals surface area (Å²) < 4.78 is 10.9. The largest absolute Gasteiger partial charge is 0.486 e. The number of carbonyl (C=O) groups excluding carboxylic acids is 2. The Morgan fingerprint density at radius 2 is 1.86 bits per heavy atom. The molecule has 8 heteroatoms. The van der Waals surface area contributed by atoms with Gasteiger partial charge in [0.25, 0.3) is 0 Å². The minimum atomic E-state index is -0.602. The highest BCUT2D eigenvalue weighted by Crippen LogP contribution is 2.32. The number of thioether (sulfide) groups is 1. The van der Waals surface area contributed by atoms with Gasteiger partial charge in [-0.25, -0.2) is 9.78 Å². The minimum Gasteiger partial charge on any atom is -0.486 e. The van der Waals surface area contributed by atoms with Crippen molar-refractivity contribution in [2.24, 2.45) is 0 Å². The number of ether oxygens (including phenoxy) is 2. The molecule has 0 aliphatic carbocycles. The summed E-state index contributed by atoms with van der Waals surface area (Å²) in [6, 6.07) is 14.3. The topological polar surface area (TPSA) is 89.6 Å². The molecule has 4 rings (SSSR count). The summed E-state index contributed by atoms with van der Waals surface area (Å²) in [5.41, 5.74) is 2.49. The maximum absolute atomic E-state index is 12.1. The van der Waals surface area contributed by atoms with Crippen LogP contribution in [0.3, 0.4) is 0 Å². The van der Waals surface area contributed by atoms with E-state index >= 15 is 0 Å². The molecule has 0 bridgehead atoms. The van der Waals surface area contributed by atoms with Crippen LogP contribution in [-0.2, 0) is 4.79 Å². The van der Waals surface area contributed by atoms with Crippen molar-refractivity contribution in [2.75, 3.05) is 24.3 Å². The molecular formula is C21H19N3O4S. The van der Waals surface area contributed by atoms with E-state index in [1.54, 1.807) is 18.2 Å². The van der Waals surface area contributed by atoms with Crippen molar-refractivity contribution in [2.45, 2.75) is 11.9 Å². The van der Waals surface area contributed by atoms with Crippen molar-refractivity contribution in [3.63, 3.8) is 0 Å². The highest BCUT2D eigenvalue weighted by atomic mass is 32.2. The molecule has 2 aromatic carbocycles. The van der Waals surface area contributed by atoms with Gasteiger partial charge in [-0.3, -0.25) is 10.1 Å². The van der Waals surface area contributed by atoms with Gasteiger partial charge in [0.15, 0.2) is 11.5 Å². The number of para-hydroxylation sites is 1. The lowest BCUT2D eigenvalue weighted by molar-refractivity contribution is -0.117. The van der Waals surface area contributed by atoms with Gasteiger partial charge >= 0.3 is 6.03 Å². The molecule has 7 nitrogen and oxygen atoms in total. The molecule has 3 amide bonds. The summed E-state index contributed by atoms with van der Waals surface area (Å²) in [5, 5.41) is 6.77. The Hall–Kier alpha value is -3.26. The summed E-state index contributed by atoms with van der Waals surface area (Å²) >= 11 is 1.28. The third-order valence-corrected chi connectivity index (χ3v) is 5.22. The number of imide groups is 1. The number of pyridine rings is 1. The highest BCUT2D eigenvalue weighted by molar-refractivity contribution is 7.99. The Labute approximate surface area is 171 Å². The van der Waals surface area contributed by atoms with Crippen molar-refractivity contribution in [1.82, 2.24) is 10.3 Å². The van der Waals surface area contributed by atoms with Gasteiger partial charge in [-0.05, 0) is 36.8 Å². The number of fused-ring (bicyclic) bond motifs is 2. The monoisotopic (exact) mass is 409 g/mol. The first kappa shape index (κ1) is 19.1. The van der Waals surface area contributed by atoms with E-state index in [2.05, 4.69) is 15.6 Å². The van der Waals surface area contributed by atoms with Crippen LogP contribution in [0, 0.1) is 6.92 Å². The second-order valence-electron chi connectivity index (χ2n) is 6.44. The number of carbonyl (C=O) groups is 2. The van der Waals surface area contributed by atoms with Gasteiger partial charge in [-0.2, -0.15) is 0 Å². The first-order valence-electron chi connectivity index (χ1n) is 9.08. The standard InChI is InChI=1S/C21H19N3O4S/c1-13-10-20(23-16-5-3-2-4-15(13)16)29-12-19(25)24-21(26)22-14-6-7-17-18(11-14)28-9-8-27-17/h2-7,10-11H,8-9,12H2,1H3,(H2,22,24,25,26). The Bertz CT molecular complexity index is 1090. The van der Waals surface area contributed by atoms with E-state index in [0.29, 0.717) is 30.4 Å². The molecule has 3 aromatic rings. The summed E-state index contributed by atoms with van der Waals surface area (Å²) in [6.07, 6.45) is 0. The molecule has 1 aliphatic heterocycles. The number of hydrogen-bond donors (Lipinski definition) is 2. The first-order chi connectivity index (χ1) is 14.1. The Morgan fingerprint density at radius 1 is 1.07 bits per heavy atom. The molecular weight excluding hydrogens is 390 g/mol. The summed E-state index contributed by atoms with van der Waals surface area (Å²) in [6.45, 7) is 2.97. The van der Waals surface area contributed by atoms with Crippen LogP contribution in [0.5, 0.6) is 11.5 Å². The third kappa shape index (κ3) is 4.60. The SMILES string of the molecule is Cc1cc(SCC(=O)NC(=O)Nc2ccc3c(c2)OCCO3)nc2ccccc12. The van der Waals surface area contributed by atoms with E-state index in [0.717, 1.165) is 21.5 Å². The van der Waals surface area contributed by atoms with Gasteiger partial charge in [0.05, 0.1) is 16.3 Å². The van der Waals surface area contributed by atoms with Crippen molar-refractivity contribution >= 4 is 40.3 Å². The van der Waals surface area contributed by atoms with Gasteiger partial charge in [-0.15, -0.1) is 0 Å². The number of urea groups is 1. The van der Waals surface area contributed by atoms with Crippen molar-refractivity contribution < 1.29 is 19.1 Å². The van der Waals surface area contributed by atoms with E-state index in [9.17, 15) is 9.59 Å². The number of hydrogen-bond acceptors (Lipinski definition) is 6. The maximum Gasteiger partial charge on any atom is 0.325 e. The van der Waals surface area contributed by atoms with Crippen LogP contribution in [0.4, 0.5) is 10.5 Å². The van der Waals surface area contributed by atoms with Gasteiger partial charge in [0.2, 0.25) is 5.91 Å². The van der Waals surface area contributed by atoms with E-state index in [1.165, 1.54) is 11.8 Å². The molecule has 0 saturated heterocycles. The Morgan fingerprint density at radius 3 is 2.72 bits per heavy atom. The second kappa shape index (κ2) is 8.40. The van der Waals surface area contributed by atoms with Crippen LogP contribution in [0.15, 0.2) is 53.6 Å². The maximum atomic E-state index is 12.1. The normalized spacial score (nSPS) is 12.4. The fourth-order valence-electron chi connectivity index (χ4n) is 2.98. The molecule has 1 aromatic heterocycles. The molecule has 0 fully saturated rings. The summed E-state index contributed by atoms with van der Waals surface area (Å²) in [4.78, 5) is 28.8. The van der Waals surface area contributed by atoms with Crippen LogP contribution in [0.25, 0.3) is 10.9 Å². The highest BCUT2D eigenvalue weighted by Gasteiger charge is 2.14. The predicted octanol–water partition coefficient (Wildman–Crippen LogP) is 3.75. The van der Waals surface area contributed by atoms with Crippen molar-refractivity contribution in [3.8, 4) is 11.5 Å². The lowest BCUT2D eigenvalue weighted by atomic mass is 10.1. The number of anilines is 1. The van der Waals surface area contributed by atoms with Crippen LogP contribution in [0.2, 0.25) is 0 Å². The average molecular weight is 409 g/mol. The Kier molecular flexibility index (Phi) is 5.53. The first-order valence-corrected chi connectivity index (χ1v) is 10.1. The zero-order chi connectivity index (χ0) is 20.2. The third-order valence-electron chi connectivity index (χ3n) is 4.30. The summed E-state index contributed by atoms with van der Waals surface area (Å²) in [5.74, 6) is 0.874. The van der Waals surface area contributed by atoms with Gasteiger partial charge in [0, 0.05) is 17.1 Å². The number of aromatic nitrogens is 1. The van der Waals surface area contributed by atoms with E-state index in [-0.39, 0.29) is 5.75 Å². The fraction of sp³-hybridized carbons (Fsp3) is 0.190. The van der Waals surface area contributed by atoms with Crippen LogP contribution in [0.1, 0.15) is 5.56 Å². The molecule has 0 unspecified atom stereocenters.